The van der Waals surface area contributed by atoms with Crippen LogP contribution in [0.3, 0.4) is 0 Å². The molecule has 1 aliphatic heterocycles. The molecule has 1 N–H and O–H groups in total. The van der Waals surface area contributed by atoms with Gasteiger partial charge in [-0.25, -0.2) is 0 Å². The summed E-state index contributed by atoms with van der Waals surface area (Å²) in [7, 11) is 1.59. The van der Waals surface area contributed by atoms with Crippen LogP contribution in [0.25, 0.3) is 0 Å². The van der Waals surface area contributed by atoms with Gasteiger partial charge in [0.25, 0.3) is 0 Å². The number of amides is 2. The summed E-state index contributed by atoms with van der Waals surface area (Å²) in [5, 5.41) is 3.51. The Morgan fingerprint density at radius 3 is 2.78 bits per heavy atom. The summed E-state index contributed by atoms with van der Waals surface area (Å²) in [4.78, 5) is 25.6. The van der Waals surface area contributed by atoms with E-state index in [2.05, 4.69) is 5.32 Å². The third-order valence-electron chi connectivity index (χ3n) is 4.06. The van der Waals surface area contributed by atoms with E-state index < -0.39 is 0 Å². The number of piperidine rings is 1. The summed E-state index contributed by atoms with van der Waals surface area (Å²) in [6, 6.07) is 7.15. The van der Waals surface area contributed by atoms with Crippen molar-refractivity contribution in [1.82, 2.24) is 10.2 Å². The predicted octanol–water partition coefficient (Wildman–Crippen LogP) is 2.54. The highest BCUT2D eigenvalue weighted by molar-refractivity contribution is 6.31. The number of methoxy groups -OCH3 is 1. The molecule has 0 saturated carbocycles. The molecule has 1 saturated heterocycles. The summed E-state index contributed by atoms with van der Waals surface area (Å²) < 4.78 is 5.51. The molecule has 0 bridgehead atoms. The van der Waals surface area contributed by atoms with Gasteiger partial charge < -0.3 is 15.0 Å². The molecule has 1 heterocycles. The number of halogens is 1. The third kappa shape index (κ3) is 4.69. The van der Waals surface area contributed by atoms with Gasteiger partial charge in [0.15, 0.2) is 0 Å². The molecule has 2 atom stereocenters. The molecule has 1 aliphatic rings. The smallest absolute Gasteiger partial charge is 0.239 e. The molecule has 5 nitrogen and oxygen atoms in total. The van der Waals surface area contributed by atoms with Crippen molar-refractivity contribution >= 4 is 23.4 Å². The maximum atomic E-state index is 12.2. The molecule has 2 rings (SSSR count). The number of carbonyl (C=O) groups excluding carboxylic acids is 2. The van der Waals surface area contributed by atoms with E-state index in [0.717, 1.165) is 18.4 Å². The van der Waals surface area contributed by atoms with Gasteiger partial charge in [0.2, 0.25) is 11.8 Å². The lowest BCUT2D eigenvalue weighted by molar-refractivity contribution is -0.138. The molecule has 1 aromatic rings. The van der Waals surface area contributed by atoms with Crippen LogP contribution in [0.5, 0.6) is 0 Å². The highest BCUT2D eigenvalue weighted by Crippen LogP contribution is 2.27. The van der Waals surface area contributed by atoms with Gasteiger partial charge in [-0.05, 0) is 25.8 Å². The van der Waals surface area contributed by atoms with E-state index in [0.29, 0.717) is 18.0 Å². The molecule has 2 unspecified atom stereocenters. The summed E-state index contributed by atoms with van der Waals surface area (Å²) in [5.41, 5.74) is 0.832. The molecule has 23 heavy (non-hydrogen) atoms. The summed E-state index contributed by atoms with van der Waals surface area (Å²) >= 11 is 6.21. The lowest BCUT2D eigenvalue weighted by Gasteiger charge is -2.28. The molecule has 1 aromatic carbocycles. The maximum Gasteiger partial charge on any atom is 0.239 e. The first-order valence-electron chi connectivity index (χ1n) is 7.87. The van der Waals surface area contributed by atoms with Crippen LogP contribution in [0.15, 0.2) is 24.3 Å². The summed E-state index contributed by atoms with van der Waals surface area (Å²) in [6.45, 7) is 2.62. The van der Waals surface area contributed by atoms with Crippen LogP contribution in [0.2, 0.25) is 5.02 Å². The molecular weight excluding hydrogens is 316 g/mol. The van der Waals surface area contributed by atoms with E-state index in [9.17, 15) is 9.59 Å². The molecular formula is C17H23ClN2O3. The molecule has 0 spiro atoms. The molecule has 1 fully saturated rings. The minimum absolute atomic E-state index is 0.0495. The van der Waals surface area contributed by atoms with Gasteiger partial charge in [0, 0.05) is 30.7 Å². The van der Waals surface area contributed by atoms with Crippen molar-refractivity contribution < 1.29 is 14.3 Å². The number of carbonyl (C=O) groups is 2. The Bertz CT molecular complexity index is 565. The quantitative estimate of drug-likeness (QED) is 0.867. The second-order valence-electron chi connectivity index (χ2n) is 5.81. The Labute approximate surface area is 141 Å². The highest BCUT2D eigenvalue weighted by atomic mass is 35.5. The molecule has 126 valence electrons. The van der Waals surface area contributed by atoms with E-state index >= 15 is 0 Å². The first-order valence-corrected chi connectivity index (χ1v) is 8.25. The summed E-state index contributed by atoms with van der Waals surface area (Å²) in [6.07, 6.45) is 2.05. The number of nitrogens with zero attached hydrogens (tertiary/aromatic N) is 1. The van der Waals surface area contributed by atoms with E-state index in [-0.39, 0.29) is 30.5 Å². The maximum absolute atomic E-state index is 12.2. The average Bonchev–Trinajstić information content (AvgIpc) is 2.52. The average molecular weight is 339 g/mol. The highest BCUT2D eigenvalue weighted by Gasteiger charge is 2.25. The number of ether oxygens (including phenoxy) is 1. The topological polar surface area (TPSA) is 58.6 Å². The Kier molecular flexibility index (Phi) is 6.42. The monoisotopic (exact) mass is 338 g/mol. The largest absolute Gasteiger partial charge is 0.375 e. The Hall–Kier alpha value is -1.59. The molecule has 0 aromatic heterocycles. The number of benzene rings is 1. The first-order chi connectivity index (χ1) is 11.0. The minimum Gasteiger partial charge on any atom is -0.375 e. The Morgan fingerprint density at radius 2 is 2.13 bits per heavy atom. The predicted molar refractivity (Wildman–Crippen MR) is 89.2 cm³/mol. The van der Waals surface area contributed by atoms with Crippen molar-refractivity contribution in [3.05, 3.63) is 34.9 Å². The SMILES string of the molecule is COC(c1ccccc1Cl)C(C)NC(=O)CN1CCCCC1=O. The van der Waals surface area contributed by atoms with Crippen molar-refractivity contribution in [2.24, 2.45) is 0 Å². The molecule has 6 heteroatoms. The number of hydrogen-bond donors (Lipinski definition) is 1. The Balaban J connectivity index is 1.96. The van der Waals surface area contributed by atoms with Gasteiger partial charge in [-0.1, -0.05) is 29.8 Å². The van der Waals surface area contributed by atoms with E-state index in [1.807, 2.05) is 25.1 Å². The number of nitrogens with one attached hydrogen (secondary N) is 1. The normalized spacial score (nSPS) is 17.7. The van der Waals surface area contributed by atoms with Crippen molar-refractivity contribution in [3.8, 4) is 0 Å². The third-order valence-corrected chi connectivity index (χ3v) is 4.41. The van der Waals surface area contributed by atoms with Crippen LogP contribution in [-0.4, -0.2) is 43.0 Å². The second-order valence-corrected chi connectivity index (χ2v) is 6.21. The number of hydrogen-bond acceptors (Lipinski definition) is 3. The molecule has 0 aliphatic carbocycles. The standard InChI is InChI=1S/C17H23ClN2O3/c1-12(17(23-2)13-7-3-4-8-14(13)18)19-15(21)11-20-10-6-5-9-16(20)22/h3-4,7-8,12,17H,5-6,9-11H2,1-2H3,(H,19,21). The van der Waals surface area contributed by atoms with E-state index in [1.54, 1.807) is 18.1 Å². The lowest BCUT2D eigenvalue weighted by Crippen LogP contribution is -2.46. The number of rotatable bonds is 6. The van der Waals surface area contributed by atoms with Gasteiger partial charge in [-0.3, -0.25) is 9.59 Å². The zero-order valence-corrected chi connectivity index (χ0v) is 14.3. The van der Waals surface area contributed by atoms with E-state index in [4.69, 9.17) is 16.3 Å². The van der Waals surface area contributed by atoms with Crippen molar-refractivity contribution in [2.75, 3.05) is 20.2 Å². The first kappa shape index (κ1) is 17.8. The van der Waals surface area contributed by atoms with Gasteiger partial charge in [0.1, 0.15) is 6.10 Å². The van der Waals surface area contributed by atoms with Crippen LogP contribution in [0.4, 0.5) is 0 Å². The van der Waals surface area contributed by atoms with Gasteiger partial charge in [-0.2, -0.15) is 0 Å². The zero-order valence-electron chi connectivity index (χ0n) is 13.5. The molecule has 0 radical (unpaired) electrons. The number of likely N-dealkylation sites (tertiary alicyclic amines) is 1. The van der Waals surface area contributed by atoms with Crippen LogP contribution in [0.1, 0.15) is 37.9 Å². The van der Waals surface area contributed by atoms with Crippen molar-refractivity contribution in [2.45, 2.75) is 38.3 Å². The minimum atomic E-state index is -0.343. The fraction of sp³-hybridized carbons (Fsp3) is 0.529. The zero-order chi connectivity index (χ0) is 16.8. The van der Waals surface area contributed by atoms with Gasteiger partial charge >= 0.3 is 0 Å². The van der Waals surface area contributed by atoms with Crippen LogP contribution < -0.4 is 5.32 Å². The fourth-order valence-corrected chi connectivity index (χ4v) is 3.13. The van der Waals surface area contributed by atoms with Crippen LogP contribution in [0, 0.1) is 0 Å². The summed E-state index contributed by atoms with van der Waals surface area (Å²) in [5.74, 6) is -0.129. The Morgan fingerprint density at radius 1 is 1.39 bits per heavy atom. The fourth-order valence-electron chi connectivity index (χ4n) is 2.88. The van der Waals surface area contributed by atoms with E-state index in [1.165, 1.54) is 0 Å². The van der Waals surface area contributed by atoms with Gasteiger partial charge in [0.05, 0.1) is 12.6 Å². The lowest BCUT2D eigenvalue weighted by atomic mass is 10.0. The second kappa shape index (κ2) is 8.31. The van der Waals surface area contributed by atoms with Crippen molar-refractivity contribution in [3.63, 3.8) is 0 Å². The molecule has 2 amide bonds. The van der Waals surface area contributed by atoms with Crippen molar-refractivity contribution in [1.29, 1.82) is 0 Å². The van der Waals surface area contributed by atoms with Gasteiger partial charge in [-0.15, -0.1) is 0 Å². The van der Waals surface area contributed by atoms with Crippen LogP contribution in [-0.2, 0) is 14.3 Å². The van der Waals surface area contributed by atoms with Crippen LogP contribution >= 0.6 is 11.6 Å².